The molecule has 20 heavy (non-hydrogen) atoms. The minimum absolute atomic E-state index is 0.148. The predicted octanol–water partition coefficient (Wildman–Crippen LogP) is 2.95. The number of aromatic nitrogens is 1. The van der Waals surface area contributed by atoms with Gasteiger partial charge in [-0.25, -0.2) is 4.98 Å². The molecule has 0 spiro atoms. The summed E-state index contributed by atoms with van der Waals surface area (Å²) in [6, 6.07) is 11.6. The van der Waals surface area contributed by atoms with Gasteiger partial charge in [0.25, 0.3) is 5.91 Å². The summed E-state index contributed by atoms with van der Waals surface area (Å²) in [7, 11) is 0. The van der Waals surface area contributed by atoms with Gasteiger partial charge < -0.3 is 10.6 Å². The highest BCUT2D eigenvalue weighted by molar-refractivity contribution is 6.29. The number of nitrogens with one attached hydrogen (secondary N) is 2. The summed E-state index contributed by atoms with van der Waals surface area (Å²) >= 11 is 5.73. The van der Waals surface area contributed by atoms with E-state index < -0.39 is 0 Å². The summed E-state index contributed by atoms with van der Waals surface area (Å²) < 4.78 is 0. The van der Waals surface area contributed by atoms with Crippen molar-refractivity contribution in [1.29, 1.82) is 0 Å². The first kappa shape index (κ1) is 14.0. The van der Waals surface area contributed by atoms with Gasteiger partial charge in [-0.05, 0) is 36.4 Å². The molecule has 2 rings (SSSR count). The van der Waals surface area contributed by atoms with Crippen LogP contribution < -0.4 is 10.6 Å². The maximum Gasteiger partial charge on any atom is 0.274 e. The van der Waals surface area contributed by atoms with Gasteiger partial charge in [0.15, 0.2) is 0 Å². The number of rotatable bonds is 3. The van der Waals surface area contributed by atoms with Crippen LogP contribution in [0.1, 0.15) is 17.4 Å². The van der Waals surface area contributed by atoms with Crippen LogP contribution in [0.25, 0.3) is 0 Å². The number of benzene rings is 1. The van der Waals surface area contributed by atoms with E-state index in [2.05, 4.69) is 15.6 Å². The molecule has 0 fully saturated rings. The fourth-order valence-corrected chi connectivity index (χ4v) is 1.73. The second-order valence-electron chi connectivity index (χ2n) is 4.06. The van der Waals surface area contributed by atoms with Crippen molar-refractivity contribution >= 4 is 34.8 Å². The molecule has 2 N–H and O–H groups in total. The van der Waals surface area contributed by atoms with E-state index >= 15 is 0 Å². The second-order valence-corrected chi connectivity index (χ2v) is 4.45. The van der Waals surface area contributed by atoms with Crippen LogP contribution in [0.15, 0.2) is 42.5 Å². The standard InChI is InChI=1S/C14H12ClN3O2/c1-9(19)16-10-5-7-11(8-6-10)17-14(20)12-3-2-4-13(15)18-12/h2-8H,1H3,(H,16,19)(H,17,20). The second kappa shape index (κ2) is 6.16. The average Bonchev–Trinajstić information content (AvgIpc) is 2.40. The summed E-state index contributed by atoms with van der Waals surface area (Å²) in [4.78, 5) is 26.7. The highest BCUT2D eigenvalue weighted by Crippen LogP contribution is 2.14. The Morgan fingerprint density at radius 2 is 1.60 bits per heavy atom. The van der Waals surface area contributed by atoms with Crippen LogP contribution >= 0.6 is 11.6 Å². The van der Waals surface area contributed by atoms with Crippen LogP contribution in [0.4, 0.5) is 11.4 Å². The van der Waals surface area contributed by atoms with Gasteiger partial charge in [0.1, 0.15) is 10.8 Å². The number of carbonyl (C=O) groups excluding carboxylic acids is 2. The molecule has 5 nitrogen and oxygen atoms in total. The molecule has 102 valence electrons. The lowest BCUT2D eigenvalue weighted by molar-refractivity contribution is -0.114. The number of hydrogen-bond acceptors (Lipinski definition) is 3. The molecule has 0 aliphatic rings. The van der Waals surface area contributed by atoms with Crippen LogP contribution in [-0.2, 0) is 4.79 Å². The largest absolute Gasteiger partial charge is 0.326 e. The van der Waals surface area contributed by atoms with E-state index in [4.69, 9.17) is 11.6 Å². The molecule has 1 aromatic carbocycles. The number of hydrogen-bond donors (Lipinski definition) is 2. The summed E-state index contributed by atoms with van der Waals surface area (Å²) in [5.74, 6) is -0.496. The van der Waals surface area contributed by atoms with Crippen molar-refractivity contribution in [3.63, 3.8) is 0 Å². The first-order chi connectivity index (χ1) is 9.54. The summed E-state index contributed by atoms with van der Waals surface area (Å²) in [6.45, 7) is 1.43. The predicted molar refractivity (Wildman–Crippen MR) is 77.9 cm³/mol. The zero-order valence-electron chi connectivity index (χ0n) is 10.7. The number of amides is 2. The van der Waals surface area contributed by atoms with Gasteiger partial charge in [-0.1, -0.05) is 17.7 Å². The van der Waals surface area contributed by atoms with E-state index in [0.717, 1.165) is 0 Å². The molecule has 0 unspecified atom stereocenters. The van der Waals surface area contributed by atoms with E-state index in [9.17, 15) is 9.59 Å². The van der Waals surface area contributed by atoms with Crippen molar-refractivity contribution in [2.75, 3.05) is 10.6 Å². The number of pyridine rings is 1. The third-order valence-electron chi connectivity index (χ3n) is 2.41. The lowest BCUT2D eigenvalue weighted by Gasteiger charge is -2.06. The van der Waals surface area contributed by atoms with Crippen molar-refractivity contribution in [2.45, 2.75) is 6.92 Å². The smallest absolute Gasteiger partial charge is 0.274 e. The van der Waals surface area contributed by atoms with Crippen molar-refractivity contribution in [2.24, 2.45) is 0 Å². The SMILES string of the molecule is CC(=O)Nc1ccc(NC(=O)c2cccc(Cl)n2)cc1. The molecular weight excluding hydrogens is 278 g/mol. The van der Waals surface area contributed by atoms with Crippen LogP contribution in [-0.4, -0.2) is 16.8 Å². The molecule has 2 amide bonds. The van der Waals surface area contributed by atoms with Crippen molar-refractivity contribution < 1.29 is 9.59 Å². The van der Waals surface area contributed by atoms with Gasteiger partial charge in [0, 0.05) is 18.3 Å². The Kier molecular flexibility index (Phi) is 4.32. The minimum Gasteiger partial charge on any atom is -0.326 e. The number of anilines is 2. The third kappa shape index (κ3) is 3.80. The molecule has 0 aliphatic heterocycles. The molecule has 1 aromatic heterocycles. The van der Waals surface area contributed by atoms with E-state index in [0.29, 0.717) is 11.4 Å². The zero-order valence-corrected chi connectivity index (χ0v) is 11.4. The minimum atomic E-state index is -0.347. The van der Waals surface area contributed by atoms with Gasteiger partial charge in [0.05, 0.1) is 0 Å². The molecule has 0 atom stereocenters. The Morgan fingerprint density at radius 3 is 2.15 bits per heavy atom. The Balaban J connectivity index is 2.06. The quantitative estimate of drug-likeness (QED) is 0.853. The van der Waals surface area contributed by atoms with Crippen LogP contribution in [0, 0.1) is 0 Å². The van der Waals surface area contributed by atoms with Gasteiger partial charge in [-0.15, -0.1) is 0 Å². The molecule has 1 heterocycles. The van der Waals surface area contributed by atoms with Gasteiger partial charge in [-0.3, -0.25) is 9.59 Å². The Morgan fingerprint density at radius 1 is 1.00 bits per heavy atom. The van der Waals surface area contributed by atoms with Crippen LogP contribution in [0.5, 0.6) is 0 Å². The van der Waals surface area contributed by atoms with Crippen LogP contribution in [0.2, 0.25) is 5.15 Å². The molecule has 0 aliphatic carbocycles. The van der Waals surface area contributed by atoms with E-state index in [-0.39, 0.29) is 22.7 Å². The van der Waals surface area contributed by atoms with Crippen molar-refractivity contribution in [1.82, 2.24) is 4.98 Å². The Bertz CT molecular complexity index is 641. The lowest BCUT2D eigenvalue weighted by Crippen LogP contribution is -2.13. The highest BCUT2D eigenvalue weighted by Gasteiger charge is 2.08. The Labute approximate surface area is 121 Å². The van der Waals surface area contributed by atoms with Gasteiger partial charge in [0.2, 0.25) is 5.91 Å². The number of nitrogens with zero attached hydrogens (tertiary/aromatic N) is 1. The van der Waals surface area contributed by atoms with Crippen molar-refractivity contribution in [3.05, 3.63) is 53.3 Å². The molecule has 0 radical (unpaired) electrons. The molecule has 0 bridgehead atoms. The molecule has 0 saturated carbocycles. The van der Waals surface area contributed by atoms with E-state index in [1.807, 2.05) is 0 Å². The van der Waals surface area contributed by atoms with Gasteiger partial charge >= 0.3 is 0 Å². The summed E-state index contributed by atoms with van der Waals surface area (Å²) in [5.41, 5.74) is 1.51. The number of halogens is 1. The Hall–Kier alpha value is -2.40. The maximum atomic E-state index is 11.9. The van der Waals surface area contributed by atoms with E-state index in [1.54, 1.807) is 42.5 Å². The lowest BCUT2D eigenvalue weighted by atomic mass is 10.2. The van der Waals surface area contributed by atoms with E-state index in [1.165, 1.54) is 6.92 Å². The third-order valence-corrected chi connectivity index (χ3v) is 2.62. The molecular formula is C14H12ClN3O2. The summed E-state index contributed by atoms with van der Waals surface area (Å²) in [5, 5.41) is 5.60. The normalized spacial score (nSPS) is 9.90. The maximum absolute atomic E-state index is 11.9. The number of carbonyl (C=O) groups is 2. The van der Waals surface area contributed by atoms with Crippen LogP contribution in [0.3, 0.4) is 0 Å². The highest BCUT2D eigenvalue weighted by atomic mass is 35.5. The first-order valence-electron chi connectivity index (χ1n) is 5.86. The molecule has 0 saturated heterocycles. The summed E-state index contributed by atoms with van der Waals surface area (Å²) in [6.07, 6.45) is 0. The van der Waals surface area contributed by atoms with Crippen molar-refractivity contribution in [3.8, 4) is 0 Å². The molecule has 2 aromatic rings. The first-order valence-corrected chi connectivity index (χ1v) is 6.24. The zero-order chi connectivity index (χ0) is 14.5. The average molecular weight is 290 g/mol. The monoisotopic (exact) mass is 289 g/mol. The van der Waals surface area contributed by atoms with Gasteiger partial charge in [-0.2, -0.15) is 0 Å². The fraction of sp³-hybridized carbons (Fsp3) is 0.0714. The molecule has 6 heteroatoms. The topological polar surface area (TPSA) is 71.1 Å². The fourth-order valence-electron chi connectivity index (χ4n) is 1.57.